The van der Waals surface area contributed by atoms with E-state index in [0.717, 1.165) is 11.0 Å². The highest BCUT2D eigenvalue weighted by molar-refractivity contribution is 6.07. The summed E-state index contributed by atoms with van der Waals surface area (Å²) in [6, 6.07) is 3.19. The second-order valence-corrected chi connectivity index (χ2v) is 5.27. The van der Waals surface area contributed by atoms with Gasteiger partial charge in [0.05, 0.1) is 7.11 Å². The number of aromatic nitrogens is 1. The van der Waals surface area contributed by atoms with E-state index in [1.54, 1.807) is 12.3 Å². The molecule has 0 bridgehead atoms. The number of rotatable bonds is 3. The Morgan fingerprint density at radius 3 is 2.83 bits per heavy atom. The van der Waals surface area contributed by atoms with E-state index in [9.17, 15) is 9.18 Å². The third kappa shape index (κ3) is 2.44. The fourth-order valence-corrected chi connectivity index (χ4v) is 2.77. The molecule has 0 unspecified atom stereocenters. The lowest BCUT2D eigenvalue weighted by Gasteiger charge is -2.15. The van der Waals surface area contributed by atoms with Gasteiger partial charge < -0.3 is 15.0 Å². The molecule has 0 amide bonds. The van der Waals surface area contributed by atoms with Crippen molar-refractivity contribution < 1.29 is 13.9 Å². The Morgan fingerprint density at radius 2 is 2.17 bits per heavy atom. The van der Waals surface area contributed by atoms with E-state index in [4.69, 9.17) is 4.74 Å². The Bertz CT molecular complexity index is 875. The molecule has 1 aliphatic heterocycles. The van der Waals surface area contributed by atoms with E-state index in [-0.39, 0.29) is 5.82 Å². The summed E-state index contributed by atoms with van der Waals surface area (Å²) in [6.45, 7) is 5.86. The zero-order chi connectivity index (χ0) is 16.6. The van der Waals surface area contributed by atoms with Crippen molar-refractivity contribution in [3.05, 3.63) is 65.4 Å². The van der Waals surface area contributed by atoms with Gasteiger partial charge in [-0.05, 0) is 30.2 Å². The molecule has 2 heterocycles. The van der Waals surface area contributed by atoms with Crippen molar-refractivity contribution in [1.82, 2.24) is 10.3 Å². The molecule has 118 valence electrons. The zero-order valence-electron chi connectivity index (χ0n) is 13.0. The highest BCUT2D eigenvalue weighted by Crippen LogP contribution is 2.34. The molecular formula is C18H17FN2O2. The smallest absolute Gasteiger partial charge is 0.355 e. The summed E-state index contributed by atoms with van der Waals surface area (Å²) in [5.74, 6) is -0.795. The van der Waals surface area contributed by atoms with Crippen molar-refractivity contribution in [1.29, 1.82) is 0 Å². The fourth-order valence-electron chi connectivity index (χ4n) is 2.77. The highest BCUT2D eigenvalue weighted by Gasteiger charge is 2.24. The normalized spacial score (nSPS) is 13.9. The average molecular weight is 312 g/mol. The number of hydrogen-bond acceptors (Lipinski definition) is 3. The summed E-state index contributed by atoms with van der Waals surface area (Å²) in [4.78, 5) is 15.1. The Hall–Kier alpha value is -2.82. The number of methoxy groups -OCH3 is 1. The Morgan fingerprint density at radius 1 is 1.39 bits per heavy atom. The van der Waals surface area contributed by atoms with Crippen LogP contribution in [0.3, 0.4) is 0 Å². The molecule has 5 heteroatoms. The van der Waals surface area contributed by atoms with E-state index in [0.29, 0.717) is 34.5 Å². The van der Waals surface area contributed by atoms with Crippen molar-refractivity contribution in [3.8, 4) is 0 Å². The maximum absolute atomic E-state index is 14.1. The quantitative estimate of drug-likeness (QED) is 0.850. The number of nitrogens with one attached hydrogen (secondary N) is 2. The summed E-state index contributed by atoms with van der Waals surface area (Å²) in [5, 5.41) is 3.80. The lowest BCUT2D eigenvalue weighted by Crippen LogP contribution is -2.11. The number of hydrogen-bond donors (Lipinski definition) is 2. The molecule has 0 radical (unpaired) electrons. The number of ether oxygens (including phenoxy) is 1. The SMILES string of the molecule is C=C1NC=CC=C1c1c(C(=O)OC)[nH]c2cc(F)c(CC)cc12. The first kappa shape index (κ1) is 15.1. The Balaban J connectivity index is 2.35. The Kier molecular flexibility index (Phi) is 3.78. The number of benzene rings is 1. The van der Waals surface area contributed by atoms with E-state index < -0.39 is 5.97 Å². The van der Waals surface area contributed by atoms with Crippen LogP contribution < -0.4 is 5.32 Å². The van der Waals surface area contributed by atoms with E-state index in [1.165, 1.54) is 13.2 Å². The van der Waals surface area contributed by atoms with E-state index >= 15 is 0 Å². The predicted molar refractivity (Wildman–Crippen MR) is 88.4 cm³/mol. The number of allylic oxidation sites excluding steroid dienone is 3. The third-order valence-corrected chi connectivity index (χ3v) is 3.95. The van der Waals surface area contributed by atoms with Gasteiger partial charge in [0.25, 0.3) is 0 Å². The zero-order valence-corrected chi connectivity index (χ0v) is 13.0. The van der Waals surface area contributed by atoms with Crippen LogP contribution >= 0.6 is 0 Å². The fraction of sp³-hybridized carbons (Fsp3) is 0.167. The number of esters is 1. The van der Waals surface area contributed by atoms with Crippen LogP contribution in [0.2, 0.25) is 0 Å². The van der Waals surface area contributed by atoms with Crippen LogP contribution in [0.5, 0.6) is 0 Å². The first-order valence-corrected chi connectivity index (χ1v) is 7.32. The van der Waals surface area contributed by atoms with Crippen LogP contribution in [0.4, 0.5) is 4.39 Å². The molecule has 1 aliphatic rings. The van der Waals surface area contributed by atoms with Crippen LogP contribution in [-0.2, 0) is 11.2 Å². The van der Waals surface area contributed by atoms with Gasteiger partial charge in [0.1, 0.15) is 11.5 Å². The maximum atomic E-state index is 14.1. The molecule has 0 fully saturated rings. The number of dihydropyridines is 1. The van der Waals surface area contributed by atoms with Crippen LogP contribution in [0.25, 0.3) is 16.5 Å². The van der Waals surface area contributed by atoms with Crippen molar-refractivity contribution in [3.63, 3.8) is 0 Å². The van der Waals surface area contributed by atoms with Crippen molar-refractivity contribution in [2.24, 2.45) is 0 Å². The van der Waals surface area contributed by atoms with Crippen LogP contribution in [0.15, 0.2) is 42.8 Å². The summed E-state index contributed by atoms with van der Waals surface area (Å²) < 4.78 is 18.9. The highest BCUT2D eigenvalue weighted by atomic mass is 19.1. The van der Waals surface area contributed by atoms with E-state index in [2.05, 4.69) is 16.9 Å². The minimum absolute atomic E-state index is 0.291. The van der Waals surface area contributed by atoms with Gasteiger partial charge in [-0.3, -0.25) is 0 Å². The molecule has 4 nitrogen and oxygen atoms in total. The van der Waals surface area contributed by atoms with Gasteiger partial charge in [-0.1, -0.05) is 19.6 Å². The second kappa shape index (κ2) is 5.76. The molecule has 1 aromatic carbocycles. The summed E-state index contributed by atoms with van der Waals surface area (Å²) in [7, 11) is 1.32. The molecule has 0 saturated carbocycles. The summed E-state index contributed by atoms with van der Waals surface area (Å²) >= 11 is 0. The molecule has 2 N–H and O–H groups in total. The van der Waals surface area contributed by atoms with Gasteiger partial charge in [-0.15, -0.1) is 0 Å². The van der Waals surface area contributed by atoms with Gasteiger partial charge in [-0.2, -0.15) is 0 Å². The van der Waals surface area contributed by atoms with Gasteiger partial charge >= 0.3 is 5.97 Å². The molecule has 1 aromatic heterocycles. The second-order valence-electron chi connectivity index (χ2n) is 5.27. The van der Waals surface area contributed by atoms with Crippen LogP contribution in [-0.4, -0.2) is 18.1 Å². The van der Waals surface area contributed by atoms with Crippen molar-refractivity contribution >= 4 is 22.4 Å². The molecule has 3 rings (SSSR count). The summed E-state index contributed by atoms with van der Waals surface area (Å²) in [5.41, 5.74) is 3.55. The number of aryl methyl sites for hydroxylation is 1. The lowest BCUT2D eigenvalue weighted by atomic mass is 9.96. The van der Waals surface area contributed by atoms with E-state index in [1.807, 2.05) is 19.1 Å². The van der Waals surface area contributed by atoms with Crippen molar-refractivity contribution in [2.45, 2.75) is 13.3 Å². The van der Waals surface area contributed by atoms with Crippen molar-refractivity contribution in [2.75, 3.05) is 7.11 Å². The van der Waals surface area contributed by atoms with Gasteiger partial charge in [0.15, 0.2) is 0 Å². The van der Waals surface area contributed by atoms with Gasteiger partial charge in [0, 0.05) is 33.9 Å². The topological polar surface area (TPSA) is 54.1 Å². The lowest BCUT2D eigenvalue weighted by molar-refractivity contribution is 0.0595. The maximum Gasteiger partial charge on any atom is 0.355 e. The minimum Gasteiger partial charge on any atom is -0.464 e. The molecule has 0 spiro atoms. The van der Waals surface area contributed by atoms with Gasteiger partial charge in [0.2, 0.25) is 0 Å². The summed E-state index contributed by atoms with van der Waals surface area (Å²) in [6.07, 6.45) is 6.02. The molecule has 0 aliphatic carbocycles. The van der Waals surface area contributed by atoms with Crippen LogP contribution in [0, 0.1) is 5.82 Å². The van der Waals surface area contributed by atoms with Gasteiger partial charge in [-0.25, -0.2) is 9.18 Å². The standard InChI is InChI=1S/C18H17FN2O2/c1-4-11-8-13-15(9-14(11)19)21-17(18(22)23-3)16(13)12-6-5-7-20-10(12)2/h5-9,20-21H,2,4H2,1,3H3. The monoisotopic (exact) mass is 312 g/mol. The number of H-pyrrole nitrogens is 1. The largest absolute Gasteiger partial charge is 0.464 e. The average Bonchev–Trinajstić information content (AvgIpc) is 2.91. The number of halogens is 1. The van der Waals surface area contributed by atoms with Crippen LogP contribution in [0.1, 0.15) is 28.5 Å². The first-order valence-electron chi connectivity index (χ1n) is 7.32. The number of carbonyl (C=O) groups is 1. The predicted octanol–water partition coefficient (Wildman–Crippen LogP) is 3.67. The number of aromatic amines is 1. The number of carbonyl (C=O) groups excluding carboxylic acids is 1. The molecular weight excluding hydrogens is 295 g/mol. The molecule has 0 atom stereocenters. The minimum atomic E-state index is -0.502. The third-order valence-electron chi connectivity index (χ3n) is 3.95. The number of fused-ring (bicyclic) bond motifs is 1. The first-order chi connectivity index (χ1) is 11.1. The molecule has 23 heavy (non-hydrogen) atoms. The Labute approximate surface area is 133 Å². The molecule has 2 aromatic rings. The molecule has 0 saturated heterocycles.